The van der Waals surface area contributed by atoms with E-state index in [1.54, 1.807) is 0 Å². The van der Waals surface area contributed by atoms with Crippen LogP contribution >= 0.6 is 0 Å². The van der Waals surface area contributed by atoms with E-state index in [0.717, 1.165) is 85.3 Å². The molecule has 5 aromatic carbocycles. The molecule has 2 aliphatic carbocycles. The summed E-state index contributed by atoms with van der Waals surface area (Å²) >= 11 is 2.48. The van der Waals surface area contributed by atoms with Crippen molar-refractivity contribution in [3.63, 3.8) is 0 Å². The average molecular weight is 1010 g/mol. The minimum absolute atomic E-state index is 0.150. The van der Waals surface area contributed by atoms with Crippen LogP contribution in [0.2, 0.25) is 0 Å². The van der Waals surface area contributed by atoms with Crippen LogP contribution in [0.3, 0.4) is 0 Å². The molecule has 2 aliphatic heterocycles. The molecule has 6 nitrogen and oxygen atoms in total. The minimum atomic E-state index is -0.150. The molecule has 0 saturated carbocycles. The molecule has 0 amide bonds. The number of pyridine rings is 3. The molecule has 0 atom stereocenters. The number of hydrogen-bond donors (Lipinski definition) is 0. The van der Waals surface area contributed by atoms with Gasteiger partial charge in [-0.3, -0.25) is 0 Å². The van der Waals surface area contributed by atoms with E-state index in [2.05, 4.69) is 195 Å². The monoisotopic (exact) mass is 1010 g/mol. The Bertz CT molecular complexity index is 3500. The summed E-state index contributed by atoms with van der Waals surface area (Å²) in [5.41, 5.74) is 18.5. The number of aromatic nitrogens is 5. The molecule has 14 rings (SSSR count). The van der Waals surface area contributed by atoms with Crippen LogP contribution in [0.15, 0.2) is 146 Å². The molecule has 5 aromatic heterocycles. The van der Waals surface area contributed by atoms with Crippen LogP contribution in [0.1, 0.15) is 59.8 Å². The van der Waals surface area contributed by atoms with E-state index in [1.807, 2.05) is 30.5 Å². The third kappa shape index (κ3) is 7.05. The number of ether oxygens (including phenoxy) is 1. The zero-order valence-corrected chi connectivity index (χ0v) is 38.9. The first-order valence-corrected chi connectivity index (χ1v) is 23.2. The Morgan fingerprint density at radius 2 is 1.34 bits per heavy atom. The topological polar surface area (TPSA) is 49.3 Å². The van der Waals surface area contributed by atoms with Gasteiger partial charge in [0, 0.05) is 17.3 Å². The van der Waals surface area contributed by atoms with Crippen LogP contribution < -0.4 is 4.74 Å². The number of benzene rings is 5. The van der Waals surface area contributed by atoms with Crippen molar-refractivity contribution in [2.24, 2.45) is 0 Å². The quantitative estimate of drug-likeness (QED) is 0.156. The molecule has 318 valence electrons. The molecule has 0 unspecified atom stereocenters. The predicted octanol–water partition coefficient (Wildman–Crippen LogP) is 13.2. The number of hydrogen-bond acceptors (Lipinski definition) is 3. The molecule has 4 aliphatic rings. The molecule has 64 heavy (non-hydrogen) atoms. The van der Waals surface area contributed by atoms with E-state index in [9.17, 15) is 0 Å². The van der Waals surface area contributed by atoms with Gasteiger partial charge in [0.05, 0.1) is 5.69 Å². The van der Waals surface area contributed by atoms with Gasteiger partial charge in [0.15, 0.2) is 0 Å². The first kappa shape index (κ1) is 40.2. The fourth-order valence-electron chi connectivity index (χ4n) is 9.49. The van der Waals surface area contributed by atoms with Crippen LogP contribution in [0.4, 0.5) is 0 Å². The van der Waals surface area contributed by atoms with Crippen LogP contribution in [0.5, 0.6) is 11.5 Å². The van der Waals surface area contributed by atoms with E-state index in [0.29, 0.717) is 11.5 Å². The van der Waals surface area contributed by atoms with Crippen molar-refractivity contribution in [2.75, 3.05) is 0 Å². The normalized spacial score (nSPS) is 12.9. The molecule has 10 aromatic rings. The first-order chi connectivity index (χ1) is 31.1. The molecule has 7 heteroatoms. The summed E-state index contributed by atoms with van der Waals surface area (Å²) in [5, 5.41) is 0.971. The van der Waals surface area contributed by atoms with Gasteiger partial charge in [-0.25, -0.2) is 0 Å². The number of imidazole rings is 1. The van der Waals surface area contributed by atoms with Gasteiger partial charge in [-0.2, -0.15) is 0 Å². The number of fused-ring (bicyclic) bond motifs is 3. The van der Waals surface area contributed by atoms with E-state index in [-0.39, 0.29) is 5.41 Å². The fraction of sp³-hybridized carbons (Fsp3) is 0.175. The van der Waals surface area contributed by atoms with Crippen molar-refractivity contribution in [1.82, 2.24) is 23.5 Å². The molecule has 4 bridgehead atoms. The Balaban J connectivity index is 1.00. The van der Waals surface area contributed by atoms with E-state index in [1.165, 1.54) is 44.6 Å². The first-order valence-electron chi connectivity index (χ1n) is 22.1. The van der Waals surface area contributed by atoms with Crippen molar-refractivity contribution >= 4 is 27.5 Å². The summed E-state index contributed by atoms with van der Waals surface area (Å²) in [6.45, 7) is 11.3. The number of rotatable bonds is 6. The maximum absolute atomic E-state index is 6.70. The van der Waals surface area contributed by atoms with Gasteiger partial charge in [-0.05, 0) is 22.6 Å². The average Bonchev–Trinajstić information content (AvgIpc) is 3.83. The summed E-state index contributed by atoms with van der Waals surface area (Å²) in [6.07, 6.45) is 8.23. The van der Waals surface area contributed by atoms with E-state index >= 15 is 0 Å². The summed E-state index contributed by atoms with van der Waals surface area (Å²) in [6, 6.07) is 54.2. The Morgan fingerprint density at radius 3 is 2.09 bits per heavy atom. The second kappa shape index (κ2) is 15.9. The van der Waals surface area contributed by atoms with Crippen molar-refractivity contribution in [3.8, 4) is 45.4 Å². The standard InChI is InChI=1S/C57H47N5O.Pt/c1-37-38(2)40-20-19-39(37)21-22-43-24-26-44(25-23-40)61-36-60(35-54(43)61)45-17-12-18-46(31-45)63-47-27-28-48-53(32-47)62(52-30-29-51(59-56(48)52)42-15-10-7-11-16-42)55-33-50(57(3,4)5)49(34-58-55)41-13-8-6-9-14-41;/h6-20,24,26-30,33-35H,21-23,25H2,1-5H3;/q-2;. The van der Waals surface area contributed by atoms with Gasteiger partial charge in [-0.1, -0.05) is 81.4 Å². The van der Waals surface area contributed by atoms with Gasteiger partial charge in [0.25, 0.3) is 0 Å². The third-order valence-corrected chi connectivity index (χ3v) is 14.1. The van der Waals surface area contributed by atoms with Crippen LogP contribution in [0.25, 0.3) is 61.3 Å². The second-order valence-electron chi connectivity index (χ2n) is 18.0. The predicted molar refractivity (Wildman–Crippen MR) is 254 cm³/mol. The van der Waals surface area contributed by atoms with Crippen LogP contribution in [-0.2, 0) is 50.5 Å². The zero-order chi connectivity index (χ0) is 43.7. The zero-order valence-electron chi connectivity index (χ0n) is 36.6. The van der Waals surface area contributed by atoms with Crippen molar-refractivity contribution < 1.29 is 24.1 Å². The van der Waals surface area contributed by atoms with Gasteiger partial charge in [-0.15, -0.1) is 0 Å². The Kier molecular flexibility index (Phi) is 9.96. The summed E-state index contributed by atoms with van der Waals surface area (Å²) in [5.74, 6) is 1.99. The van der Waals surface area contributed by atoms with Gasteiger partial charge in [0.1, 0.15) is 0 Å². The summed E-state index contributed by atoms with van der Waals surface area (Å²) in [4.78, 5) is 10.4. The van der Waals surface area contributed by atoms with Crippen molar-refractivity contribution in [1.29, 1.82) is 0 Å². The number of nitrogens with zero attached hydrogens (tertiary/aromatic N) is 5. The summed E-state index contributed by atoms with van der Waals surface area (Å²) < 4.78 is 14.7. The maximum atomic E-state index is 6.70. The molecular formula is C57H47N5OPt-2. The molecular weight excluding hydrogens is 966 g/mol. The van der Waals surface area contributed by atoms with Crippen molar-refractivity contribution in [3.05, 3.63) is 201 Å². The third-order valence-electron chi connectivity index (χ3n) is 13.1. The second-order valence-corrected chi connectivity index (χ2v) is 19.0. The van der Waals surface area contributed by atoms with Crippen LogP contribution in [0, 0.1) is 29.8 Å². The molecule has 0 saturated heterocycles. The van der Waals surface area contributed by atoms with Gasteiger partial charge < -0.3 is 0 Å². The van der Waals surface area contributed by atoms with Gasteiger partial charge in [0.2, 0.25) is 0 Å². The fourth-order valence-corrected chi connectivity index (χ4v) is 10.5. The molecule has 0 spiro atoms. The van der Waals surface area contributed by atoms with Crippen molar-refractivity contribution in [2.45, 2.75) is 65.7 Å². The molecule has 0 radical (unpaired) electrons. The SMILES string of the molecule is Cc1c2ccc(c1C)CCc1ccc(c3cn(-c4[c-]c(Oc5[c-]c6c(cc5)c5nc(-c7ccccc7)ccc5n6-c5cc(C(C)(C)C)c(-c6ccccc6)cn5)ccc4)[c](=[Pt])n13)CC2. The molecule has 0 fully saturated rings. The Labute approximate surface area is 384 Å². The number of aryl methyl sites for hydroxylation is 4. The molecule has 7 heterocycles. The Morgan fingerprint density at radius 1 is 0.656 bits per heavy atom. The van der Waals surface area contributed by atoms with E-state index < -0.39 is 0 Å². The van der Waals surface area contributed by atoms with Gasteiger partial charge >= 0.3 is 260 Å². The molecule has 0 N–H and O–H groups in total. The summed E-state index contributed by atoms with van der Waals surface area (Å²) in [7, 11) is 0. The van der Waals surface area contributed by atoms with Crippen LogP contribution in [-0.4, -0.2) is 23.5 Å². The Hall–Kier alpha value is -6.62. The van der Waals surface area contributed by atoms with E-state index in [4.69, 9.17) is 14.7 Å².